The van der Waals surface area contributed by atoms with Crippen molar-refractivity contribution < 1.29 is 23.7 Å². The molecule has 0 saturated heterocycles. The first-order valence-corrected chi connectivity index (χ1v) is 12.6. The van der Waals surface area contributed by atoms with E-state index in [0.29, 0.717) is 17.0 Å². The molecule has 1 aromatic heterocycles. The van der Waals surface area contributed by atoms with Gasteiger partial charge in [0.15, 0.2) is 0 Å². The summed E-state index contributed by atoms with van der Waals surface area (Å²) in [7, 11) is 0. The summed E-state index contributed by atoms with van der Waals surface area (Å²) in [6.45, 7) is 5.85. The van der Waals surface area contributed by atoms with Gasteiger partial charge in [-0.3, -0.25) is 9.78 Å². The molecular weight excluding hydrogens is 375 g/mol. The summed E-state index contributed by atoms with van der Waals surface area (Å²) in [6, 6.07) is 5.57. The summed E-state index contributed by atoms with van der Waals surface area (Å²) in [5, 5.41) is 3.24. The van der Waals surface area contributed by atoms with E-state index >= 15 is 0 Å². The van der Waals surface area contributed by atoms with E-state index < -0.39 is 0 Å². The zero-order valence-corrected chi connectivity index (χ0v) is 19.9. The van der Waals surface area contributed by atoms with Crippen molar-refractivity contribution in [3.05, 3.63) is 36.0 Å². The van der Waals surface area contributed by atoms with Crippen LogP contribution in [0, 0.1) is 46.8 Å². The molecule has 0 aromatic carbocycles. The molecule has 1 heterocycles. The van der Waals surface area contributed by atoms with Crippen molar-refractivity contribution in [2.24, 2.45) is 40.9 Å². The predicted octanol–water partition coefficient (Wildman–Crippen LogP) is 3.07. The maximum absolute atomic E-state index is 12.6. The van der Waals surface area contributed by atoms with Crippen molar-refractivity contribution in [3.63, 3.8) is 0 Å². The van der Waals surface area contributed by atoms with Crippen LogP contribution in [0.5, 0.6) is 0 Å². The van der Waals surface area contributed by atoms with Gasteiger partial charge >= 0.3 is 18.9 Å². The van der Waals surface area contributed by atoms with Crippen LogP contribution in [0.1, 0.15) is 88.5 Å². The average molecular weight is 415 g/mol. The monoisotopic (exact) mass is 414 g/mol. The Morgan fingerprint density at radius 1 is 1.16 bits per heavy atom. The first-order chi connectivity index (χ1) is 14.6. The van der Waals surface area contributed by atoms with Gasteiger partial charge in [0.05, 0.1) is 0 Å². The molecule has 7 atom stereocenters. The standard InChI is InChI=1S/C27H39N2O.Li/c1-18-9-11-21-19(16-18)10-12-23-22(21)13-14-27(2)20(6-5-7-24(23)27)17-29-26(30)25-8-3-4-15-28-25;/h3-4,8,15,18,20-24H,5-7,9-14,16-17H2,1-2H3,(H,29,30);/q-1;+1/t18-,20+,21-,22?,23+,24?,27+;/m0./s1. The van der Waals surface area contributed by atoms with Gasteiger partial charge in [-0.25, -0.2) is 0 Å². The number of nitrogens with one attached hydrogen (secondary N) is 1. The van der Waals surface area contributed by atoms with Gasteiger partial charge in [0.25, 0.3) is 5.91 Å². The molecule has 0 radical (unpaired) electrons. The van der Waals surface area contributed by atoms with E-state index in [0.717, 1.165) is 36.1 Å². The second kappa shape index (κ2) is 9.60. The summed E-state index contributed by atoms with van der Waals surface area (Å²) < 4.78 is 0. The van der Waals surface area contributed by atoms with Crippen LogP contribution in [0.2, 0.25) is 0 Å². The molecule has 0 aliphatic heterocycles. The maximum Gasteiger partial charge on any atom is 1.00 e. The summed E-state index contributed by atoms with van der Waals surface area (Å²) in [5.41, 5.74) is 0.941. The van der Waals surface area contributed by atoms with Crippen LogP contribution in [-0.2, 0) is 0 Å². The summed E-state index contributed by atoms with van der Waals surface area (Å²) in [4.78, 5) is 16.8. The Balaban J connectivity index is 0.00000231. The molecule has 4 heteroatoms. The van der Waals surface area contributed by atoms with E-state index in [9.17, 15) is 4.79 Å². The maximum atomic E-state index is 12.6. The molecule has 1 aromatic rings. The van der Waals surface area contributed by atoms with Crippen LogP contribution in [0.3, 0.4) is 0 Å². The van der Waals surface area contributed by atoms with Gasteiger partial charge in [0.2, 0.25) is 0 Å². The van der Waals surface area contributed by atoms with Crippen LogP contribution in [0.15, 0.2) is 24.4 Å². The fraction of sp³-hybridized carbons (Fsp3) is 0.741. The second-order valence-corrected chi connectivity index (χ2v) is 11.2. The molecule has 4 saturated carbocycles. The van der Waals surface area contributed by atoms with Crippen molar-refractivity contribution in [1.82, 2.24) is 10.3 Å². The minimum absolute atomic E-state index is 0. The number of hydrogen-bond donors (Lipinski definition) is 1. The molecular formula is C27H39LiN2O. The first kappa shape index (κ1) is 23.4. The van der Waals surface area contributed by atoms with E-state index in [-0.39, 0.29) is 24.8 Å². The van der Waals surface area contributed by atoms with Crippen LogP contribution >= 0.6 is 0 Å². The Bertz CT molecular complexity index is 755. The van der Waals surface area contributed by atoms with E-state index in [2.05, 4.69) is 24.1 Å². The number of nitrogens with zero attached hydrogens (tertiary/aromatic N) is 1. The van der Waals surface area contributed by atoms with E-state index in [1.54, 1.807) is 6.20 Å². The number of pyridine rings is 1. The van der Waals surface area contributed by atoms with Gasteiger partial charge in [-0.1, -0.05) is 63.9 Å². The molecule has 3 nitrogen and oxygen atoms in total. The molecule has 164 valence electrons. The molecule has 4 aliphatic rings. The van der Waals surface area contributed by atoms with Gasteiger partial charge in [0.1, 0.15) is 5.69 Å². The Morgan fingerprint density at radius 2 is 2.03 bits per heavy atom. The summed E-state index contributed by atoms with van der Waals surface area (Å²) in [5.74, 6) is 7.15. The van der Waals surface area contributed by atoms with Crippen molar-refractivity contribution in [3.8, 4) is 0 Å². The number of carbonyl (C=O) groups is 1. The molecule has 1 amide bonds. The molecule has 31 heavy (non-hydrogen) atoms. The van der Waals surface area contributed by atoms with Crippen molar-refractivity contribution in [2.75, 3.05) is 6.54 Å². The molecule has 4 aliphatic carbocycles. The minimum Gasteiger partial charge on any atom is -0.350 e. The fourth-order valence-corrected chi connectivity index (χ4v) is 8.21. The predicted molar refractivity (Wildman–Crippen MR) is 121 cm³/mol. The topological polar surface area (TPSA) is 42.0 Å². The Hall–Kier alpha value is -0.783. The zero-order chi connectivity index (χ0) is 20.7. The normalized spacial score (nSPS) is 39.9. The third-order valence-corrected chi connectivity index (χ3v) is 9.76. The Labute approximate surface area is 201 Å². The quantitative estimate of drug-likeness (QED) is 0.610. The van der Waals surface area contributed by atoms with E-state index in [1.165, 1.54) is 64.2 Å². The molecule has 4 fully saturated rings. The Kier molecular flexibility index (Phi) is 7.24. The van der Waals surface area contributed by atoms with Gasteiger partial charge in [0, 0.05) is 12.7 Å². The average Bonchev–Trinajstić information content (AvgIpc) is 2.77. The molecule has 0 spiro atoms. The van der Waals surface area contributed by atoms with Gasteiger partial charge in [-0.15, -0.1) is 0 Å². The molecule has 2 unspecified atom stereocenters. The first-order valence-electron chi connectivity index (χ1n) is 12.6. The summed E-state index contributed by atoms with van der Waals surface area (Å²) in [6.07, 6.45) is 15.7. The van der Waals surface area contributed by atoms with Crippen LogP contribution < -0.4 is 24.2 Å². The summed E-state index contributed by atoms with van der Waals surface area (Å²) >= 11 is 0. The van der Waals surface area contributed by atoms with Gasteiger partial charge in [-0.2, -0.15) is 18.8 Å². The van der Waals surface area contributed by atoms with E-state index in [4.69, 9.17) is 0 Å². The number of amides is 1. The molecule has 1 N–H and O–H groups in total. The number of carbonyl (C=O) groups excluding carboxylic acids is 1. The van der Waals surface area contributed by atoms with Crippen LogP contribution in [0.25, 0.3) is 0 Å². The minimum atomic E-state index is -0.0109. The molecule has 5 rings (SSSR count). The zero-order valence-electron chi connectivity index (χ0n) is 19.9. The number of rotatable bonds is 3. The van der Waals surface area contributed by atoms with Crippen molar-refractivity contribution in [1.29, 1.82) is 0 Å². The third-order valence-electron chi connectivity index (χ3n) is 9.76. The number of aromatic nitrogens is 1. The third kappa shape index (κ3) is 4.39. The SMILES string of the molecule is C[C@H]1CC[C@H]2[C-](CC[C@@H]3C2CC[C@@]2(C)C3CCC[C@@H]2CNC(=O)c2ccccn2)C1.[Li+]. The van der Waals surface area contributed by atoms with Crippen LogP contribution in [-0.4, -0.2) is 17.4 Å². The fourth-order valence-electron chi connectivity index (χ4n) is 8.21. The van der Waals surface area contributed by atoms with Gasteiger partial charge < -0.3 is 11.2 Å². The molecule has 0 bridgehead atoms. The largest absolute Gasteiger partial charge is 1.00 e. The van der Waals surface area contributed by atoms with E-state index in [1.807, 2.05) is 24.1 Å². The van der Waals surface area contributed by atoms with Crippen LogP contribution in [0.4, 0.5) is 0 Å². The number of fused-ring (bicyclic) bond motifs is 5. The van der Waals surface area contributed by atoms with Crippen molar-refractivity contribution in [2.45, 2.75) is 78.1 Å². The smallest absolute Gasteiger partial charge is 0.350 e. The van der Waals surface area contributed by atoms with Gasteiger partial charge in [-0.05, 0) is 54.6 Å². The number of hydrogen-bond acceptors (Lipinski definition) is 2. The Morgan fingerprint density at radius 3 is 2.84 bits per heavy atom. The second-order valence-electron chi connectivity index (χ2n) is 11.2. The van der Waals surface area contributed by atoms with Crippen molar-refractivity contribution >= 4 is 5.91 Å².